The fourth-order valence-corrected chi connectivity index (χ4v) is 6.27. The van der Waals surface area contributed by atoms with Gasteiger partial charge in [-0.1, -0.05) is 0 Å². The molecule has 0 aromatic carbocycles. The van der Waals surface area contributed by atoms with E-state index in [1.165, 1.54) is 0 Å². The van der Waals surface area contributed by atoms with E-state index in [0.29, 0.717) is 25.9 Å². The van der Waals surface area contributed by atoms with Crippen LogP contribution in [0.3, 0.4) is 0 Å². The van der Waals surface area contributed by atoms with Gasteiger partial charge in [-0.15, -0.1) is 12.4 Å². The van der Waals surface area contributed by atoms with E-state index in [1.807, 2.05) is 0 Å². The SMILES string of the molecule is CCOS(=O)(=O)C1CNCC12CCS(=O)(=O)CC2.Cl. The molecular formula is C10H20ClNO5S2. The van der Waals surface area contributed by atoms with Crippen LogP contribution in [-0.4, -0.2) is 53.3 Å². The molecule has 1 unspecified atom stereocenters. The van der Waals surface area contributed by atoms with Gasteiger partial charge in [0, 0.05) is 18.5 Å². The maximum Gasteiger partial charge on any atom is 0.272 e. The van der Waals surface area contributed by atoms with Gasteiger partial charge in [-0.25, -0.2) is 8.42 Å². The van der Waals surface area contributed by atoms with Crippen LogP contribution in [-0.2, 0) is 24.1 Å². The molecule has 1 atom stereocenters. The number of halogens is 1. The van der Waals surface area contributed by atoms with Crippen molar-refractivity contribution in [2.75, 3.05) is 31.2 Å². The van der Waals surface area contributed by atoms with Gasteiger partial charge in [0.2, 0.25) is 0 Å². The number of hydrogen-bond donors (Lipinski definition) is 1. The highest BCUT2D eigenvalue weighted by Crippen LogP contribution is 2.41. The Labute approximate surface area is 120 Å². The lowest BCUT2D eigenvalue weighted by Gasteiger charge is -2.36. The van der Waals surface area contributed by atoms with E-state index in [4.69, 9.17) is 4.18 Å². The standard InChI is InChI=1S/C10H19NO5S2.ClH/c1-2-16-18(14,15)9-7-11-8-10(9)3-5-17(12,13)6-4-10;/h9,11H,2-8H2,1H3;1H. The van der Waals surface area contributed by atoms with E-state index < -0.39 is 30.6 Å². The lowest BCUT2D eigenvalue weighted by atomic mass is 9.81. The molecule has 1 spiro atoms. The molecule has 2 aliphatic rings. The third-order valence-corrected chi connectivity index (χ3v) is 7.52. The van der Waals surface area contributed by atoms with Gasteiger partial charge in [-0.05, 0) is 19.8 Å². The Hall–Kier alpha value is 0.110. The van der Waals surface area contributed by atoms with Gasteiger partial charge in [-0.3, -0.25) is 4.18 Å². The summed E-state index contributed by atoms with van der Waals surface area (Å²) in [4.78, 5) is 0. The first-order valence-electron chi connectivity index (χ1n) is 6.11. The van der Waals surface area contributed by atoms with Crippen LogP contribution in [0.5, 0.6) is 0 Å². The Morgan fingerprint density at radius 2 is 1.89 bits per heavy atom. The molecule has 6 nitrogen and oxygen atoms in total. The lowest BCUT2D eigenvalue weighted by molar-refractivity contribution is 0.261. The second-order valence-electron chi connectivity index (χ2n) is 5.03. The predicted octanol–water partition coefficient (Wildman–Crippen LogP) is -0.0587. The van der Waals surface area contributed by atoms with Gasteiger partial charge in [0.1, 0.15) is 15.1 Å². The van der Waals surface area contributed by atoms with Crippen LogP contribution in [0.15, 0.2) is 0 Å². The minimum absolute atomic E-state index is 0. The molecular weight excluding hydrogens is 314 g/mol. The summed E-state index contributed by atoms with van der Waals surface area (Å²) in [6.45, 7) is 2.66. The molecule has 0 radical (unpaired) electrons. The van der Waals surface area contributed by atoms with E-state index in [-0.39, 0.29) is 30.5 Å². The fraction of sp³-hybridized carbons (Fsp3) is 1.00. The van der Waals surface area contributed by atoms with Crippen molar-refractivity contribution in [3.05, 3.63) is 0 Å². The molecule has 0 aromatic heterocycles. The molecule has 1 N–H and O–H groups in total. The molecule has 2 saturated heterocycles. The highest BCUT2D eigenvalue weighted by atomic mass is 35.5. The smallest absolute Gasteiger partial charge is 0.272 e. The van der Waals surface area contributed by atoms with Gasteiger partial charge < -0.3 is 5.32 Å². The Morgan fingerprint density at radius 3 is 2.42 bits per heavy atom. The fourth-order valence-electron chi connectivity index (χ4n) is 2.88. The molecule has 114 valence electrons. The third kappa shape index (κ3) is 3.41. The highest BCUT2D eigenvalue weighted by molar-refractivity contribution is 7.91. The molecule has 2 heterocycles. The second-order valence-corrected chi connectivity index (χ2v) is 9.13. The quantitative estimate of drug-likeness (QED) is 0.728. The molecule has 2 aliphatic heterocycles. The topological polar surface area (TPSA) is 89.5 Å². The molecule has 9 heteroatoms. The summed E-state index contributed by atoms with van der Waals surface area (Å²) >= 11 is 0. The summed E-state index contributed by atoms with van der Waals surface area (Å²) in [5.41, 5.74) is -0.473. The Morgan fingerprint density at radius 1 is 1.32 bits per heavy atom. The minimum Gasteiger partial charge on any atom is -0.315 e. The molecule has 2 fully saturated rings. The van der Waals surface area contributed by atoms with Crippen molar-refractivity contribution in [2.45, 2.75) is 25.0 Å². The largest absolute Gasteiger partial charge is 0.315 e. The van der Waals surface area contributed by atoms with Crippen LogP contribution in [0, 0.1) is 5.41 Å². The third-order valence-electron chi connectivity index (χ3n) is 3.94. The summed E-state index contributed by atoms with van der Waals surface area (Å²) in [6.07, 6.45) is 0.804. The molecule has 0 saturated carbocycles. The van der Waals surface area contributed by atoms with Crippen LogP contribution in [0.1, 0.15) is 19.8 Å². The maximum absolute atomic E-state index is 12.1. The van der Waals surface area contributed by atoms with Crippen molar-refractivity contribution in [1.82, 2.24) is 5.32 Å². The molecule has 0 amide bonds. The summed E-state index contributed by atoms with van der Waals surface area (Å²) in [6, 6.07) is 0. The van der Waals surface area contributed by atoms with E-state index >= 15 is 0 Å². The normalized spacial score (nSPS) is 29.0. The number of sulfone groups is 1. The molecule has 0 aliphatic carbocycles. The molecule has 2 rings (SSSR count). The van der Waals surface area contributed by atoms with Crippen LogP contribution in [0.25, 0.3) is 0 Å². The van der Waals surface area contributed by atoms with Gasteiger partial charge in [0.15, 0.2) is 0 Å². The average molecular weight is 334 g/mol. The number of rotatable bonds is 3. The van der Waals surface area contributed by atoms with E-state index in [1.54, 1.807) is 6.92 Å². The first kappa shape index (κ1) is 17.2. The van der Waals surface area contributed by atoms with Gasteiger partial charge in [0.25, 0.3) is 10.1 Å². The molecule has 0 aromatic rings. The van der Waals surface area contributed by atoms with Crippen LogP contribution >= 0.6 is 12.4 Å². The number of hydrogen-bond acceptors (Lipinski definition) is 6. The van der Waals surface area contributed by atoms with Crippen molar-refractivity contribution in [3.8, 4) is 0 Å². The van der Waals surface area contributed by atoms with Crippen LogP contribution in [0.4, 0.5) is 0 Å². The predicted molar refractivity (Wildman–Crippen MR) is 74.8 cm³/mol. The first-order valence-corrected chi connectivity index (χ1v) is 9.40. The van der Waals surface area contributed by atoms with Crippen LogP contribution in [0.2, 0.25) is 0 Å². The summed E-state index contributed by atoms with van der Waals surface area (Å²) in [5, 5.41) is 2.45. The average Bonchev–Trinajstić information content (AvgIpc) is 2.68. The van der Waals surface area contributed by atoms with Gasteiger partial charge >= 0.3 is 0 Å². The monoisotopic (exact) mass is 333 g/mol. The van der Waals surface area contributed by atoms with Gasteiger partial charge in [-0.2, -0.15) is 8.42 Å². The van der Waals surface area contributed by atoms with Crippen LogP contribution < -0.4 is 5.32 Å². The first-order chi connectivity index (χ1) is 8.31. The van der Waals surface area contributed by atoms with Crippen molar-refractivity contribution < 1.29 is 21.0 Å². The summed E-state index contributed by atoms with van der Waals surface area (Å²) in [7, 11) is -6.60. The second kappa shape index (κ2) is 5.85. The Bertz CT molecular complexity index is 502. The molecule has 19 heavy (non-hydrogen) atoms. The van der Waals surface area contributed by atoms with Crippen molar-refractivity contribution >= 4 is 32.4 Å². The minimum atomic E-state index is -3.61. The van der Waals surface area contributed by atoms with Crippen molar-refractivity contribution in [2.24, 2.45) is 5.41 Å². The highest BCUT2D eigenvalue weighted by Gasteiger charge is 2.52. The zero-order valence-corrected chi connectivity index (χ0v) is 13.2. The van der Waals surface area contributed by atoms with Crippen molar-refractivity contribution in [1.29, 1.82) is 0 Å². The summed E-state index contributed by atoms with van der Waals surface area (Å²) in [5.74, 6) is 0.152. The Balaban J connectivity index is 0.00000180. The number of nitrogens with one attached hydrogen (secondary N) is 1. The van der Waals surface area contributed by atoms with E-state index in [2.05, 4.69) is 5.32 Å². The zero-order chi connectivity index (χ0) is 13.4. The summed E-state index contributed by atoms with van der Waals surface area (Å²) < 4.78 is 51.9. The molecule has 0 bridgehead atoms. The lowest BCUT2D eigenvalue weighted by Crippen LogP contribution is -2.46. The van der Waals surface area contributed by atoms with Gasteiger partial charge in [0.05, 0.1) is 18.1 Å². The maximum atomic E-state index is 12.1. The zero-order valence-electron chi connectivity index (χ0n) is 10.8. The Kier molecular flexibility index (Phi) is 5.28. The van der Waals surface area contributed by atoms with Crippen molar-refractivity contribution in [3.63, 3.8) is 0 Å². The van der Waals surface area contributed by atoms with E-state index in [0.717, 1.165) is 0 Å². The van der Waals surface area contributed by atoms with E-state index in [9.17, 15) is 16.8 Å².